The average Bonchev–Trinajstić information content (AvgIpc) is 2.37. The summed E-state index contributed by atoms with van der Waals surface area (Å²) in [4.78, 5) is 0. The van der Waals surface area contributed by atoms with Crippen LogP contribution in [0.25, 0.3) is 0 Å². The zero-order valence-corrected chi connectivity index (χ0v) is 15.0. The highest BCUT2D eigenvalue weighted by molar-refractivity contribution is 4.89. The van der Waals surface area contributed by atoms with Crippen LogP contribution in [0.15, 0.2) is 0 Å². The summed E-state index contributed by atoms with van der Waals surface area (Å²) in [7, 11) is 2.11. The standard InChI is InChI=1S/C19H37NO/c1-6-7-15-8-9-17(20-5)18(11-15)21-16-10-14(2)12-19(3,4)13-16/h14-18,20H,6-13H2,1-5H3. The van der Waals surface area contributed by atoms with Gasteiger partial charge in [-0.15, -0.1) is 0 Å². The lowest BCUT2D eigenvalue weighted by Crippen LogP contribution is -2.47. The molecule has 0 spiro atoms. The van der Waals surface area contributed by atoms with Gasteiger partial charge in [0.1, 0.15) is 0 Å². The molecule has 2 rings (SSSR count). The Labute approximate surface area is 132 Å². The summed E-state index contributed by atoms with van der Waals surface area (Å²) in [5, 5.41) is 3.51. The molecule has 0 heterocycles. The lowest BCUT2D eigenvalue weighted by molar-refractivity contribution is -0.0944. The van der Waals surface area contributed by atoms with Gasteiger partial charge in [0.25, 0.3) is 0 Å². The van der Waals surface area contributed by atoms with Crippen LogP contribution < -0.4 is 5.32 Å². The number of likely N-dealkylation sites (N-methyl/N-ethyl adjacent to an activating group) is 1. The van der Waals surface area contributed by atoms with E-state index in [4.69, 9.17) is 4.74 Å². The van der Waals surface area contributed by atoms with Gasteiger partial charge in [0.2, 0.25) is 0 Å². The van der Waals surface area contributed by atoms with Crippen molar-refractivity contribution in [2.24, 2.45) is 17.3 Å². The second-order valence-electron chi connectivity index (χ2n) is 8.57. The predicted octanol–water partition coefficient (Wildman–Crippen LogP) is 4.77. The van der Waals surface area contributed by atoms with E-state index in [1.54, 1.807) is 0 Å². The van der Waals surface area contributed by atoms with Crippen molar-refractivity contribution in [1.29, 1.82) is 0 Å². The monoisotopic (exact) mass is 295 g/mol. The minimum absolute atomic E-state index is 0.436. The fourth-order valence-corrected chi connectivity index (χ4v) is 4.97. The van der Waals surface area contributed by atoms with Crippen LogP contribution in [0, 0.1) is 17.3 Å². The first-order valence-electron chi connectivity index (χ1n) is 9.26. The van der Waals surface area contributed by atoms with Crippen LogP contribution in [0.4, 0.5) is 0 Å². The molecular weight excluding hydrogens is 258 g/mol. The summed E-state index contributed by atoms with van der Waals surface area (Å²) in [6.07, 6.45) is 11.4. The minimum Gasteiger partial charge on any atom is -0.373 e. The Morgan fingerprint density at radius 2 is 1.90 bits per heavy atom. The third kappa shape index (κ3) is 4.96. The Kier molecular flexibility index (Phi) is 6.14. The highest BCUT2D eigenvalue weighted by Gasteiger charge is 2.37. The van der Waals surface area contributed by atoms with Crippen LogP contribution in [0.1, 0.15) is 79.1 Å². The molecule has 21 heavy (non-hydrogen) atoms. The van der Waals surface area contributed by atoms with Gasteiger partial charge in [-0.2, -0.15) is 0 Å². The van der Waals surface area contributed by atoms with E-state index in [9.17, 15) is 0 Å². The van der Waals surface area contributed by atoms with Gasteiger partial charge in [-0.1, -0.05) is 40.5 Å². The number of hydrogen-bond acceptors (Lipinski definition) is 2. The molecule has 0 amide bonds. The molecule has 5 atom stereocenters. The van der Waals surface area contributed by atoms with Gasteiger partial charge in [0.15, 0.2) is 0 Å². The Balaban J connectivity index is 1.94. The molecule has 2 aliphatic carbocycles. The van der Waals surface area contributed by atoms with Crippen LogP contribution >= 0.6 is 0 Å². The van der Waals surface area contributed by atoms with Crippen molar-refractivity contribution in [1.82, 2.24) is 5.32 Å². The van der Waals surface area contributed by atoms with Gasteiger partial charge in [0.05, 0.1) is 12.2 Å². The topological polar surface area (TPSA) is 21.3 Å². The normalized spacial score (nSPS) is 40.1. The third-order valence-electron chi connectivity index (χ3n) is 5.68. The Morgan fingerprint density at radius 3 is 2.52 bits per heavy atom. The second-order valence-corrected chi connectivity index (χ2v) is 8.57. The van der Waals surface area contributed by atoms with Crippen LogP contribution in [0.2, 0.25) is 0 Å². The van der Waals surface area contributed by atoms with Crippen LogP contribution in [0.3, 0.4) is 0 Å². The summed E-state index contributed by atoms with van der Waals surface area (Å²) in [5.74, 6) is 1.69. The Hall–Kier alpha value is -0.0800. The molecule has 0 aliphatic heterocycles. The first kappa shape index (κ1) is 17.3. The molecule has 0 aromatic carbocycles. The first-order valence-corrected chi connectivity index (χ1v) is 9.26. The lowest BCUT2D eigenvalue weighted by Gasteiger charge is -2.43. The molecule has 2 nitrogen and oxygen atoms in total. The van der Waals surface area contributed by atoms with Gasteiger partial charge >= 0.3 is 0 Å². The van der Waals surface area contributed by atoms with Crippen molar-refractivity contribution in [3.8, 4) is 0 Å². The molecule has 2 aliphatic rings. The summed E-state index contributed by atoms with van der Waals surface area (Å²) >= 11 is 0. The minimum atomic E-state index is 0.436. The largest absolute Gasteiger partial charge is 0.373 e. The molecule has 0 saturated heterocycles. The summed E-state index contributed by atoms with van der Waals surface area (Å²) in [5.41, 5.74) is 0.453. The second kappa shape index (κ2) is 7.46. The van der Waals surface area contributed by atoms with Gasteiger partial charge in [-0.3, -0.25) is 0 Å². The molecule has 5 unspecified atom stereocenters. The molecule has 2 fully saturated rings. The molecule has 2 saturated carbocycles. The highest BCUT2D eigenvalue weighted by atomic mass is 16.5. The molecule has 124 valence electrons. The van der Waals surface area contributed by atoms with Gasteiger partial charge < -0.3 is 10.1 Å². The molecule has 1 N–H and O–H groups in total. The van der Waals surface area contributed by atoms with Crippen LogP contribution in [0.5, 0.6) is 0 Å². The SMILES string of the molecule is CCCC1CCC(NC)C(OC2CC(C)CC(C)(C)C2)C1. The smallest absolute Gasteiger partial charge is 0.0734 e. The summed E-state index contributed by atoms with van der Waals surface area (Å²) in [6, 6.07) is 0.568. The number of ether oxygens (including phenoxy) is 1. The van der Waals surface area contributed by atoms with E-state index < -0.39 is 0 Å². The van der Waals surface area contributed by atoms with Crippen molar-refractivity contribution >= 4 is 0 Å². The molecule has 0 aromatic heterocycles. The summed E-state index contributed by atoms with van der Waals surface area (Å²) < 4.78 is 6.66. The Bertz CT molecular complexity index is 315. The van der Waals surface area contributed by atoms with Gasteiger partial charge in [-0.05, 0) is 62.8 Å². The first-order chi connectivity index (χ1) is 9.93. The van der Waals surface area contributed by atoms with Gasteiger partial charge in [0, 0.05) is 6.04 Å². The van der Waals surface area contributed by atoms with E-state index >= 15 is 0 Å². The number of hydrogen-bond donors (Lipinski definition) is 1. The van der Waals surface area contributed by atoms with Gasteiger partial charge in [-0.25, -0.2) is 0 Å². The van der Waals surface area contributed by atoms with Crippen molar-refractivity contribution in [3.05, 3.63) is 0 Å². The number of nitrogens with one attached hydrogen (secondary N) is 1. The summed E-state index contributed by atoms with van der Waals surface area (Å²) in [6.45, 7) is 9.53. The maximum Gasteiger partial charge on any atom is 0.0734 e. The average molecular weight is 296 g/mol. The van der Waals surface area contributed by atoms with Crippen LogP contribution in [-0.4, -0.2) is 25.3 Å². The van der Waals surface area contributed by atoms with E-state index in [1.807, 2.05) is 0 Å². The van der Waals surface area contributed by atoms with E-state index in [0.717, 1.165) is 11.8 Å². The van der Waals surface area contributed by atoms with Crippen LogP contribution in [-0.2, 0) is 4.74 Å². The molecule has 0 aromatic rings. The maximum atomic E-state index is 6.66. The van der Waals surface area contributed by atoms with Crippen molar-refractivity contribution in [2.75, 3.05) is 7.05 Å². The molecule has 2 heteroatoms. The predicted molar refractivity (Wildman–Crippen MR) is 90.6 cm³/mol. The van der Waals surface area contributed by atoms with E-state index in [1.165, 1.54) is 51.4 Å². The molecule has 0 bridgehead atoms. The zero-order chi connectivity index (χ0) is 15.5. The molecule has 0 radical (unpaired) electrons. The van der Waals surface area contributed by atoms with Crippen molar-refractivity contribution in [3.63, 3.8) is 0 Å². The van der Waals surface area contributed by atoms with E-state index in [-0.39, 0.29) is 0 Å². The zero-order valence-electron chi connectivity index (χ0n) is 15.0. The maximum absolute atomic E-state index is 6.66. The third-order valence-corrected chi connectivity index (χ3v) is 5.68. The van der Waals surface area contributed by atoms with Crippen molar-refractivity contribution in [2.45, 2.75) is 97.3 Å². The number of rotatable bonds is 5. The van der Waals surface area contributed by atoms with E-state index in [2.05, 4.69) is 40.1 Å². The quantitative estimate of drug-likeness (QED) is 0.788. The fourth-order valence-electron chi connectivity index (χ4n) is 4.97. The molecular formula is C19H37NO. The lowest BCUT2D eigenvalue weighted by atomic mass is 9.71. The van der Waals surface area contributed by atoms with Crippen molar-refractivity contribution < 1.29 is 4.74 Å². The Morgan fingerprint density at radius 1 is 1.14 bits per heavy atom. The highest BCUT2D eigenvalue weighted by Crippen LogP contribution is 2.41. The fraction of sp³-hybridized carbons (Fsp3) is 1.00. The van der Waals surface area contributed by atoms with E-state index in [0.29, 0.717) is 23.7 Å².